The average molecular weight is 321 g/mol. The van der Waals surface area contributed by atoms with Gasteiger partial charge in [-0.15, -0.1) is 23.1 Å². The van der Waals surface area contributed by atoms with Crippen LogP contribution in [0.15, 0.2) is 45.7 Å². The van der Waals surface area contributed by atoms with Gasteiger partial charge in [0.1, 0.15) is 0 Å². The molecule has 21 heavy (non-hydrogen) atoms. The maximum atomic E-state index is 12.3. The lowest BCUT2D eigenvalue weighted by molar-refractivity contribution is -0.117. The van der Waals surface area contributed by atoms with E-state index >= 15 is 0 Å². The molecule has 0 bridgehead atoms. The first kappa shape index (κ1) is 15.5. The highest BCUT2D eigenvalue weighted by Crippen LogP contribution is 2.27. The Balaban J connectivity index is 2.34. The molecular formula is C14H15N3O2S2. The summed E-state index contributed by atoms with van der Waals surface area (Å²) in [5, 5.41) is 1.46. The molecule has 0 aliphatic heterocycles. The van der Waals surface area contributed by atoms with E-state index in [1.165, 1.54) is 23.1 Å². The molecule has 1 aromatic carbocycles. The van der Waals surface area contributed by atoms with Crippen LogP contribution in [-0.4, -0.2) is 21.6 Å². The van der Waals surface area contributed by atoms with Crippen LogP contribution in [0.3, 0.4) is 0 Å². The van der Waals surface area contributed by atoms with Gasteiger partial charge in [0, 0.05) is 23.5 Å². The number of thioether (sulfide) groups is 1. The van der Waals surface area contributed by atoms with E-state index in [0.29, 0.717) is 15.3 Å². The number of nitrogens with zero attached hydrogens (tertiary/aromatic N) is 2. The summed E-state index contributed by atoms with van der Waals surface area (Å²) in [6.45, 7) is 1.71. The zero-order chi connectivity index (χ0) is 15.4. The van der Waals surface area contributed by atoms with Gasteiger partial charge >= 0.3 is 0 Å². The number of carbonyl (C=O) groups is 2. The van der Waals surface area contributed by atoms with E-state index in [-0.39, 0.29) is 5.91 Å². The highest BCUT2D eigenvalue weighted by atomic mass is 32.2. The van der Waals surface area contributed by atoms with Crippen LogP contribution in [0, 0.1) is 0 Å². The minimum atomic E-state index is -0.413. The Hall–Kier alpha value is -1.86. The molecule has 2 rings (SSSR count). The molecule has 110 valence electrons. The second kappa shape index (κ2) is 6.73. The van der Waals surface area contributed by atoms with Gasteiger partial charge in [-0.1, -0.05) is 12.1 Å². The molecule has 2 N–H and O–H groups in total. The van der Waals surface area contributed by atoms with Gasteiger partial charge < -0.3 is 10.3 Å². The van der Waals surface area contributed by atoms with Gasteiger partial charge in [0.2, 0.25) is 5.91 Å². The second-order valence-electron chi connectivity index (χ2n) is 4.37. The van der Waals surface area contributed by atoms with E-state index < -0.39 is 11.2 Å². The Morgan fingerprint density at radius 2 is 2.10 bits per heavy atom. The number of benzene rings is 1. The first-order valence-electron chi connectivity index (χ1n) is 6.23. The zero-order valence-electron chi connectivity index (χ0n) is 11.6. The molecule has 0 aliphatic rings. The molecule has 5 nitrogen and oxygen atoms in total. The Kier molecular flexibility index (Phi) is 4.98. The van der Waals surface area contributed by atoms with E-state index in [9.17, 15) is 9.59 Å². The van der Waals surface area contributed by atoms with Gasteiger partial charge in [0.25, 0.3) is 5.91 Å². The molecule has 1 unspecified atom stereocenters. The number of rotatable bonds is 4. The normalized spacial score (nSPS) is 13.1. The molecular weight excluding hydrogens is 306 g/mol. The monoisotopic (exact) mass is 321 g/mol. The summed E-state index contributed by atoms with van der Waals surface area (Å²) in [7, 11) is 1.83. The molecule has 1 heterocycles. The third-order valence-corrected chi connectivity index (χ3v) is 4.82. The SMILES string of the molecule is CC(Sc1ccccc1C(=O)N=c1sccn1C)C(N)=O. The van der Waals surface area contributed by atoms with Crippen LogP contribution in [0.25, 0.3) is 0 Å². The summed E-state index contributed by atoms with van der Waals surface area (Å²) in [6, 6.07) is 7.09. The first-order chi connectivity index (χ1) is 9.99. The third-order valence-electron chi connectivity index (χ3n) is 2.78. The zero-order valence-corrected chi connectivity index (χ0v) is 13.3. The van der Waals surface area contributed by atoms with E-state index in [1.54, 1.807) is 29.7 Å². The number of nitrogens with two attached hydrogens (primary N) is 1. The Labute approximate surface area is 130 Å². The number of primary amides is 1. The predicted molar refractivity (Wildman–Crippen MR) is 84.1 cm³/mol. The Morgan fingerprint density at radius 3 is 2.71 bits per heavy atom. The van der Waals surface area contributed by atoms with E-state index in [2.05, 4.69) is 4.99 Å². The van der Waals surface area contributed by atoms with Crippen LogP contribution < -0.4 is 10.5 Å². The van der Waals surface area contributed by atoms with Crippen LogP contribution in [0.2, 0.25) is 0 Å². The smallest absolute Gasteiger partial charge is 0.280 e. The van der Waals surface area contributed by atoms with Crippen molar-refractivity contribution in [3.8, 4) is 0 Å². The summed E-state index contributed by atoms with van der Waals surface area (Å²) in [4.78, 5) is 29.0. The van der Waals surface area contributed by atoms with Gasteiger partial charge in [-0.05, 0) is 19.1 Å². The van der Waals surface area contributed by atoms with Crippen LogP contribution in [0.1, 0.15) is 17.3 Å². The van der Waals surface area contributed by atoms with E-state index in [0.717, 1.165) is 0 Å². The topological polar surface area (TPSA) is 77.4 Å². The standard InChI is InChI=1S/C14H15N3O2S2/c1-9(12(15)18)21-11-6-4-3-5-10(11)13(19)16-14-17(2)7-8-20-14/h3-9H,1-2H3,(H2,15,18). The number of hydrogen-bond donors (Lipinski definition) is 1. The van der Waals surface area contributed by atoms with Gasteiger partial charge in [-0.2, -0.15) is 4.99 Å². The lowest BCUT2D eigenvalue weighted by Gasteiger charge is -2.09. The minimum Gasteiger partial charge on any atom is -0.369 e. The van der Waals surface area contributed by atoms with Crippen molar-refractivity contribution in [2.75, 3.05) is 0 Å². The summed E-state index contributed by atoms with van der Waals surface area (Å²) >= 11 is 2.66. The van der Waals surface area contributed by atoms with Crippen LogP contribution in [-0.2, 0) is 11.8 Å². The Bertz CT molecular complexity index is 734. The van der Waals surface area contributed by atoms with Crippen molar-refractivity contribution >= 4 is 34.9 Å². The molecule has 1 aromatic heterocycles. The van der Waals surface area contributed by atoms with Crippen molar-refractivity contribution in [2.24, 2.45) is 17.8 Å². The maximum absolute atomic E-state index is 12.3. The molecule has 0 aliphatic carbocycles. The quantitative estimate of drug-likeness (QED) is 0.872. The summed E-state index contributed by atoms with van der Waals surface area (Å²) < 4.78 is 1.78. The van der Waals surface area contributed by atoms with Gasteiger partial charge in [0.15, 0.2) is 4.80 Å². The van der Waals surface area contributed by atoms with Gasteiger partial charge in [-0.25, -0.2) is 0 Å². The fourth-order valence-corrected chi connectivity index (χ4v) is 3.24. The van der Waals surface area contributed by atoms with Crippen molar-refractivity contribution in [3.63, 3.8) is 0 Å². The fourth-order valence-electron chi connectivity index (χ4n) is 1.58. The molecule has 0 saturated carbocycles. The molecule has 0 saturated heterocycles. The van der Waals surface area contributed by atoms with Crippen molar-refractivity contribution in [1.82, 2.24) is 4.57 Å². The van der Waals surface area contributed by atoms with E-state index in [4.69, 9.17) is 5.73 Å². The third kappa shape index (κ3) is 3.83. The van der Waals surface area contributed by atoms with Crippen molar-refractivity contribution in [3.05, 3.63) is 46.2 Å². The predicted octanol–water partition coefficient (Wildman–Crippen LogP) is 1.79. The fraction of sp³-hybridized carbons (Fsp3) is 0.214. The lowest BCUT2D eigenvalue weighted by atomic mass is 10.2. The number of carbonyl (C=O) groups excluding carboxylic acids is 2. The number of thiazole rings is 1. The molecule has 7 heteroatoms. The molecule has 0 fully saturated rings. The molecule has 2 amide bonds. The van der Waals surface area contributed by atoms with E-state index in [1.807, 2.05) is 24.7 Å². The van der Waals surface area contributed by atoms with Crippen LogP contribution in [0.4, 0.5) is 0 Å². The largest absolute Gasteiger partial charge is 0.369 e. The van der Waals surface area contributed by atoms with Crippen molar-refractivity contribution in [2.45, 2.75) is 17.1 Å². The lowest BCUT2D eigenvalue weighted by Crippen LogP contribution is -2.22. The number of amides is 2. The maximum Gasteiger partial charge on any atom is 0.280 e. The molecule has 0 radical (unpaired) electrons. The number of hydrogen-bond acceptors (Lipinski definition) is 4. The highest BCUT2D eigenvalue weighted by molar-refractivity contribution is 8.00. The summed E-state index contributed by atoms with van der Waals surface area (Å²) in [6.07, 6.45) is 1.84. The number of aromatic nitrogens is 1. The highest BCUT2D eigenvalue weighted by Gasteiger charge is 2.16. The first-order valence-corrected chi connectivity index (χ1v) is 7.99. The molecule has 2 aromatic rings. The van der Waals surface area contributed by atoms with Crippen molar-refractivity contribution < 1.29 is 9.59 Å². The number of aryl methyl sites for hydroxylation is 1. The van der Waals surface area contributed by atoms with Crippen molar-refractivity contribution in [1.29, 1.82) is 0 Å². The summed E-state index contributed by atoms with van der Waals surface area (Å²) in [5.41, 5.74) is 5.75. The second-order valence-corrected chi connectivity index (χ2v) is 6.63. The van der Waals surface area contributed by atoms with Crippen LogP contribution in [0.5, 0.6) is 0 Å². The van der Waals surface area contributed by atoms with Crippen LogP contribution >= 0.6 is 23.1 Å². The average Bonchev–Trinajstić information content (AvgIpc) is 2.84. The molecule has 0 spiro atoms. The van der Waals surface area contributed by atoms with Gasteiger partial charge in [0.05, 0.1) is 10.8 Å². The molecule has 1 atom stereocenters. The summed E-state index contributed by atoms with van der Waals surface area (Å²) in [5.74, 6) is -0.739. The minimum absolute atomic E-state index is 0.326. The van der Waals surface area contributed by atoms with Gasteiger partial charge in [-0.3, -0.25) is 9.59 Å². The Morgan fingerprint density at radius 1 is 1.38 bits per heavy atom.